The predicted octanol–water partition coefficient (Wildman–Crippen LogP) is 3.16. The second-order valence-corrected chi connectivity index (χ2v) is 7.24. The number of benzene rings is 2. The highest BCUT2D eigenvalue weighted by atomic mass is 19.1. The topological polar surface area (TPSA) is 48.9 Å². The number of hydrogen-bond acceptors (Lipinski definition) is 3. The molecular weight excluding hydrogens is 355 g/mol. The first kappa shape index (κ1) is 20.1. The van der Waals surface area contributed by atoms with E-state index < -0.39 is 0 Å². The number of rotatable bonds is 6. The quantitative estimate of drug-likeness (QED) is 0.593. The van der Waals surface area contributed by atoms with E-state index in [0.717, 1.165) is 31.0 Å². The molecule has 0 aliphatic carbocycles. The maximum Gasteiger partial charge on any atom is 0.191 e. The van der Waals surface area contributed by atoms with Gasteiger partial charge >= 0.3 is 0 Å². The third-order valence-corrected chi connectivity index (χ3v) is 5.17. The molecule has 6 heteroatoms. The van der Waals surface area contributed by atoms with Gasteiger partial charge in [-0.05, 0) is 36.6 Å². The van der Waals surface area contributed by atoms with Crippen LogP contribution in [-0.2, 0) is 13.1 Å². The predicted molar refractivity (Wildman–Crippen MR) is 111 cm³/mol. The van der Waals surface area contributed by atoms with E-state index in [1.165, 1.54) is 18.7 Å². The van der Waals surface area contributed by atoms with Gasteiger partial charge in [-0.2, -0.15) is 0 Å². The molecule has 0 saturated carbocycles. The van der Waals surface area contributed by atoms with E-state index in [-0.39, 0.29) is 11.6 Å². The molecule has 5 nitrogen and oxygen atoms in total. The molecule has 0 spiro atoms. The monoisotopic (exact) mass is 384 g/mol. The molecule has 0 aromatic heterocycles. The molecule has 1 saturated heterocycles. The molecule has 2 atom stereocenters. The Labute approximate surface area is 166 Å². The Morgan fingerprint density at radius 1 is 1.21 bits per heavy atom. The number of ether oxygens (including phenoxy) is 1. The largest absolute Gasteiger partial charge is 0.494 e. The summed E-state index contributed by atoms with van der Waals surface area (Å²) in [7, 11) is 3.22. The lowest BCUT2D eigenvalue weighted by molar-refractivity contribution is 0.258. The van der Waals surface area contributed by atoms with Crippen molar-refractivity contribution in [3.05, 3.63) is 65.5 Å². The second kappa shape index (κ2) is 9.55. The zero-order chi connectivity index (χ0) is 19.9. The third kappa shape index (κ3) is 5.23. The maximum absolute atomic E-state index is 13.8. The number of likely N-dealkylation sites (tertiary alicyclic amines) is 1. The Bertz CT molecular complexity index is 796. The van der Waals surface area contributed by atoms with Crippen LogP contribution in [0.4, 0.5) is 4.39 Å². The lowest BCUT2D eigenvalue weighted by atomic mass is 10.2. The van der Waals surface area contributed by atoms with Crippen molar-refractivity contribution in [2.24, 2.45) is 4.99 Å². The van der Waals surface area contributed by atoms with E-state index in [2.05, 4.69) is 51.7 Å². The fourth-order valence-electron chi connectivity index (χ4n) is 3.63. The number of aliphatic imine (C=N–C) groups is 1. The molecule has 2 aromatic rings. The van der Waals surface area contributed by atoms with Gasteiger partial charge in [0.05, 0.1) is 7.11 Å². The first-order valence-electron chi connectivity index (χ1n) is 9.66. The van der Waals surface area contributed by atoms with Crippen LogP contribution in [0.25, 0.3) is 0 Å². The minimum absolute atomic E-state index is 0.254. The van der Waals surface area contributed by atoms with Crippen LogP contribution in [0.2, 0.25) is 0 Å². The van der Waals surface area contributed by atoms with E-state index in [0.29, 0.717) is 18.6 Å². The first-order chi connectivity index (χ1) is 13.6. The van der Waals surface area contributed by atoms with E-state index in [9.17, 15) is 4.39 Å². The van der Waals surface area contributed by atoms with Gasteiger partial charge in [-0.25, -0.2) is 4.39 Å². The summed E-state index contributed by atoms with van der Waals surface area (Å²) in [4.78, 5) is 6.80. The highest BCUT2D eigenvalue weighted by molar-refractivity contribution is 5.80. The minimum Gasteiger partial charge on any atom is -0.494 e. The molecule has 0 amide bonds. The lowest BCUT2D eigenvalue weighted by Crippen LogP contribution is -2.44. The Kier molecular flexibility index (Phi) is 6.87. The van der Waals surface area contributed by atoms with Gasteiger partial charge in [-0.15, -0.1) is 0 Å². The van der Waals surface area contributed by atoms with E-state index in [1.807, 2.05) is 12.1 Å². The van der Waals surface area contributed by atoms with Crippen LogP contribution < -0.4 is 15.4 Å². The molecule has 1 fully saturated rings. The van der Waals surface area contributed by atoms with Crippen molar-refractivity contribution in [1.82, 2.24) is 15.5 Å². The van der Waals surface area contributed by atoms with Crippen LogP contribution in [0.5, 0.6) is 5.75 Å². The fourth-order valence-corrected chi connectivity index (χ4v) is 3.63. The highest BCUT2D eigenvalue weighted by Gasteiger charge is 2.29. The summed E-state index contributed by atoms with van der Waals surface area (Å²) in [5, 5.41) is 6.77. The van der Waals surface area contributed by atoms with Gasteiger partial charge in [-0.3, -0.25) is 9.89 Å². The number of guanidine groups is 1. The van der Waals surface area contributed by atoms with Crippen LogP contribution in [0, 0.1) is 5.82 Å². The van der Waals surface area contributed by atoms with Gasteiger partial charge in [0.2, 0.25) is 0 Å². The van der Waals surface area contributed by atoms with Crippen molar-refractivity contribution < 1.29 is 9.13 Å². The molecule has 2 unspecified atom stereocenters. The summed E-state index contributed by atoms with van der Waals surface area (Å²) < 4.78 is 18.8. The van der Waals surface area contributed by atoms with Crippen molar-refractivity contribution in [3.8, 4) is 5.75 Å². The third-order valence-electron chi connectivity index (χ3n) is 5.17. The van der Waals surface area contributed by atoms with Crippen molar-refractivity contribution in [2.45, 2.75) is 38.5 Å². The highest BCUT2D eigenvalue weighted by Crippen LogP contribution is 2.20. The minimum atomic E-state index is -0.356. The number of halogens is 1. The zero-order valence-corrected chi connectivity index (χ0v) is 16.8. The van der Waals surface area contributed by atoms with Crippen molar-refractivity contribution in [2.75, 3.05) is 20.7 Å². The average Bonchev–Trinajstić information content (AvgIpc) is 3.04. The van der Waals surface area contributed by atoms with Crippen LogP contribution >= 0.6 is 0 Å². The summed E-state index contributed by atoms with van der Waals surface area (Å²) in [6, 6.07) is 16.4. The Morgan fingerprint density at radius 2 is 2.00 bits per heavy atom. The van der Waals surface area contributed by atoms with E-state index in [4.69, 9.17) is 4.74 Å². The summed E-state index contributed by atoms with van der Waals surface area (Å²) in [6.45, 7) is 4.68. The van der Waals surface area contributed by atoms with E-state index >= 15 is 0 Å². The van der Waals surface area contributed by atoms with Gasteiger partial charge in [-0.1, -0.05) is 36.4 Å². The van der Waals surface area contributed by atoms with Gasteiger partial charge in [0, 0.05) is 38.8 Å². The van der Waals surface area contributed by atoms with Crippen LogP contribution in [0.15, 0.2) is 53.5 Å². The molecule has 28 heavy (non-hydrogen) atoms. The molecule has 0 bridgehead atoms. The molecule has 2 N–H and O–H groups in total. The van der Waals surface area contributed by atoms with Crippen molar-refractivity contribution >= 4 is 5.96 Å². The smallest absolute Gasteiger partial charge is 0.191 e. The number of methoxy groups -OCH3 is 1. The van der Waals surface area contributed by atoms with Crippen molar-refractivity contribution in [1.29, 1.82) is 0 Å². The molecule has 1 aliphatic heterocycles. The molecule has 0 radical (unpaired) electrons. The second-order valence-electron chi connectivity index (χ2n) is 7.24. The Morgan fingerprint density at radius 3 is 2.68 bits per heavy atom. The Hall–Kier alpha value is -2.60. The summed E-state index contributed by atoms with van der Waals surface area (Å²) >= 11 is 0. The van der Waals surface area contributed by atoms with E-state index in [1.54, 1.807) is 13.1 Å². The summed E-state index contributed by atoms with van der Waals surface area (Å²) in [6.07, 6.45) is 1.06. The molecule has 1 heterocycles. The zero-order valence-electron chi connectivity index (χ0n) is 16.8. The summed E-state index contributed by atoms with van der Waals surface area (Å²) in [5.74, 6) is 0.630. The maximum atomic E-state index is 13.8. The summed E-state index contributed by atoms with van der Waals surface area (Å²) in [5.41, 5.74) is 2.17. The molecule has 1 aliphatic rings. The first-order valence-corrected chi connectivity index (χ1v) is 9.66. The number of hydrogen-bond donors (Lipinski definition) is 2. The van der Waals surface area contributed by atoms with Crippen LogP contribution in [0.3, 0.4) is 0 Å². The normalized spacial score (nSPS) is 20.2. The van der Waals surface area contributed by atoms with Gasteiger partial charge in [0.15, 0.2) is 17.5 Å². The molecule has 2 aromatic carbocycles. The number of nitrogens with one attached hydrogen (secondary N) is 2. The molecule has 150 valence electrons. The number of nitrogens with zero attached hydrogens (tertiary/aromatic N) is 2. The molecule has 3 rings (SSSR count). The Balaban J connectivity index is 1.51. The lowest BCUT2D eigenvalue weighted by Gasteiger charge is -2.21. The van der Waals surface area contributed by atoms with Gasteiger partial charge in [0.25, 0.3) is 0 Å². The van der Waals surface area contributed by atoms with Crippen LogP contribution in [0.1, 0.15) is 24.5 Å². The van der Waals surface area contributed by atoms with Gasteiger partial charge in [0.1, 0.15) is 0 Å². The fraction of sp³-hybridized carbons (Fsp3) is 0.409. The SMILES string of the molecule is CN=C(NCc1ccc(OC)c(F)c1)NC1CC(C)N(Cc2ccccc2)C1. The average molecular weight is 384 g/mol. The standard InChI is InChI=1S/C22H29FN4O/c1-16-11-19(15-27(16)14-17-7-5-4-6-8-17)26-22(24-2)25-13-18-9-10-21(28-3)20(23)12-18/h4-10,12,16,19H,11,13-15H2,1-3H3,(H2,24,25,26). The van der Waals surface area contributed by atoms with Crippen LogP contribution in [-0.4, -0.2) is 43.6 Å². The van der Waals surface area contributed by atoms with Gasteiger partial charge < -0.3 is 15.4 Å². The van der Waals surface area contributed by atoms with Crippen molar-refractivity contribution in [3.63, 3.8) is 0 Å². The molecular formula is C22H29FN4O.